The largest absolute Gasteiger partial charge is 0.416 e. The lowest BCUT2D eigenvalue weighted by Gasteiger charge is -2.27. The average molecular weight is 504 g/mol. The maximum absolute atomic E-state index is 13.1. The number of rotatable bonds is 4. The fourth-order valence-electron chi connectivity index (χ4n) is 3.78. The predicted molar refractivity (Wildman–Crippen MR) is 125 cm³/mol. The smallest absolute Gasteiger partial charge is 0.378 e. The molecule has 2 heterocycles. The molecule has 0 atom stereocenters. The number of ether oxygens (including phenoxy) is 1. The van der Waals surface area contributed by atoms with Crippen LogP contribution in [0.2, 0.25) is 0 Å². The molecule has 0 spiro atoms. The predicted octanol–water partition coefficient (Wildman–Crippen LogP) is 4.45. The molecule has 2 amide bonds. The molecule has 0 unspecified atom stereocenters. The van der Waals surface area contributed by atoms with Crippen LogP contribution in [0.1, 0.15) is 42.4 Å². The molecule has 0 aliphatic carbocycles. The first-order valence-electron chi connectivity index (χ1n) is 11.0. The zero-order chi connectivity index (χ0) is 25.2. The van der Waals surface area contributed by atoms with E-state index >= 15 is 0 Å². The third-order valence-electron chi connectivity index (χ3n) is 5.84. The standard InChI is InChI=1S/C25H24F3N3O3S/c1-16-17(2)35-24(29-22(32)19-6-4-8-21(14-19)25(26,27)28)31(16)15-18-5-3-7-20(13-18)23(33)30-9-11-34-12-10-30/h3-8,13-14H,9-12,15H2,1-2H3. The van der Waals surface area contributed by atoms with Crippen molar-refractivity contribution in [3.05, 3.63) is 86.2 Å². The highest BCUT2D eigenvalue weighted by Crippen LogP contribution is 2.29. The van der Waals surface area contributed by atoms with E-state index in [1.54, 1.807) is 11.0 Å². The molecule has 0 saturated carbocycles. The third-order valence-corrected chi connectivity index (χ3v) is 6.93. The number of benzene rings is 2. The van der Waals surface area contributed by atoms with Gasteiger partial charge in [0.05, 0.1) is 25.3 Å². The second kappa shape index (κ2) is 10.2. The van der Waals surface area contributed by atoms with Gasteiger partial charge in [0, 0.05) is 34.8 Å². The van der Waals surface area contributed by atoms with Gasteiger partial charge >= 0.3 is 6.18 Å². The molecule has 2 aromatic carbocycles. The summed E-state index contributed by atoms with van der Waals surface area (Å²) in [4.78, 5) is 32.8. The summed E-state index contributed by atoms with van der Waals surface area (Å²) in [6.45, 7) is 6.25. The number of morpholine rings is 1. The van der Waals surface area contributed by atoms with Crippen LogP contribution >= 0.6 is 11.3 Å². The van der Waals surface area contributed by atoms with Crippen molar-refractivity contribution in [2.24, 2.45) is 4.99 Å². The number of hydrogen-bond acceptors (Lipinski definition) is 4. The van der Waals surface area contributed by atoms with E-state index in [0.717, 1.165) is 28.3 Å². The Labute approximate surface area is 204 Å². The number of carbonyl (C=O) groups excluding carboxylic acids is 2. The summed E-state index contributed by atoms with van der Waals surface area (Å²) in [6.07, 6.45) is -4.55. The lowest BCUT2D eigenvalue weighted by atomic mass is 10.1. The quantitative estimate of drug-likeness (QED) is 0.529. The van der Waals surface area contributed by atoms with Crippen molar-refractivity contribution < 1.29 is 27.5 Å². The topological polar surface area (TPSA) is 63.9 Å². The number of aromatic nitrogens is 1. The van der Waals surface area contributed by atoms with Gasteiger partial charge in [0.1, 0.15) is 0 Å². The molecule has 35 heavy (non-hydrogen) atoms. The Morgan fingerprint density at radius 1 is 1.03 bits per heavy atom. The van der Waals surface area contributed by atoms with Gasteiger partial charge < -0.3 is 14.2 Å². The zero-order valence-electron chi connectivity index (χ0n) is 19.3. The number of hydrogen-bond donors (Lipinski definition) is 0. The Morgan fingerprint density at radius 2 is 1.71 bits per heavy atom. The Kier molecular flexibility index (Phi) is 7.23. The zero-order valence-corrected chi connectivity index (χ0v) is 20.1. The van der Waals surface area contributed by atoms with Crippen molar-refractivity contribution in [2.45, 2.75) is 26.6 Å². The van der Waals surface area contributed by atoms with Crippen molar-refractivity contribution >= 4 is 23.2 Å². The van der Waals surface area contributed by atoms with E-state index in [4.69, 9.17) is 4.74 Å². The van der Waals surface area contributed by atoms with Gasteiger partial charge in [-0.05, 0) is 49.7 Å². The number of alkyl halides is 3. The molecule has 3 aromatic rings. The maximum atomic E-state index is 13.1. The molecule has 1 aromatic heterocycles. The van der Waals surface area contributed by atoms with Crippen LogP contribution < -0.4 is 4.80 Å². The second-order valence-electron chi connectivity index (χ2n) is 8.21. The molecule has 184 valence electrons. The fourth-order valence-corrected chi connectivity index (χ4v) is 4.76. The lowest BCUT2D eigenvalue weighted by molar-refractivity contribution is -0.137. The van der Waals surface area contributed by atoms with Gasteiger partial charge in [0.15, 0.2) is 4.80 Å². The molecular weight excluding hydrogens is 479 g/mol. The van der Waals surface area contributed by atoms with Crippen LogP contribution in [0, 0.1) is 13.8 Å². The first-order valence-corrected chi connectivity index (χ1v) is 11.8. The molecule has 4 rings (SSSR count). The summed E-state index contributed by atoms with van der Waals surface area (Å²) in [6, 6.07) is 11.5. The minimum atomic E-state index is -4.55. The molecule has 1 aliphatic heterocycles. The highest BCUT2D eigenvalue weighted by atomic mass is 32.1. The monoisotopic (exact) mass is 503 g/mol. The summed E-state index contributed by atoms with van der Waals surface area (Å²) < 4.78 is 46.3. The minimum absolute atomic E-state index is 0.0667. The van der Waals surface area contributed by atoms with E-state index in [9.17, 15) is 22.8 Å². The highest BCUT2D eigenvalue weighted by molar-refractivity contribution is 7.09. The van der Waals surface area contributed by atoms with Gasteiger partial charge in [-0.2, -0.15) is 18.2 Å². The van der Waals surface area contributed by atoms with Crippen molar-refractivity contribution in [2.75, 3.05) is 26.3 Å². The van der Waals surface area contributed by atoms with Gasteiger partial charge in [-0.25, -0.2) is 0 Å². The summed E-state index contributed by atoms with van der Waals surface area (Å²) in [5.41, 5.74) is 1.27. The van der Waals surface area contributed by atoms with Gasteiger partial charge in [0.25, 0.3) is 11.8 Å². The molecule has 0 radical (unpaired) electrons. The van der Waals surface area contributed by atoms with E-state index in [1.807, 2.05) is 36.6 Å². The van der Waals surface area contributed by atoms with E-state index in [0.29, 0.717) is 43.2 Å². The van der Waals surface area contributed by atoms with Crippen LogP contribution in [0.3, 0.4) is 0 Å². The summed E-state index contributed by atoms with van der Waals surface area (Å²) >= 11 is 1.29. The first-order chi connectivity index (χ1) is 16.6. The van der Waals surface area contributed by atoms with Crippen LogP contribution in [0.5, 0.6) is 0 Å². The number of thiazole rings is 1. The molecular formula is C25H24F3N3O3S. The van der Waals surface area contributed by atoms with E-state index in [-0.39, 0.29) is 11.5 Å². The van der Waals surface area contributed by atoms with Crippen molar-refractivity contribution in [1.29, 1.82) is 0 Å². The van der Waals surface area contributed by atoms with Crippen LogP contribution in [0.25, 0.3) is 0 Å². The summed E-state index contributed by atoms with van der Waals surface area (Å²) in [7, 11) is 0. The molecule has 6 nitrogen and oxygen atoms in total. The molecule has 10 heteroatoms. The molecule has 1 fully saturated rings. The second-order valence-corrected chi connectivity index (χ2v) is 9.39. The summed E-state index contributed by atoms with van der Waals surface area (Å²) in [5.74, 6) is -0.814. The number of nitrogens with zero attached hydrogens (tertiary/aromatic N) is 3. The molecule has 0 bridgehead atoms. The van der Waals surface area contributed by atoms with Crippen molar-refractivity contribution in [1.82, 2.24) is 9.47 Å². The number of carbonyl (C=O) groups is 2. The van der Waals surface area contributed by atoms with Crippen LogP contribution in [-0.2, 0) is 17.5 Å². The fraction of sp³-hybridized carbons (Fsp3) is 0.320. The third kappa shape index (κ3) is 5.71. The Balaban J connectivity index is 1.63. The Morgan fingerprint density at radius 3 is 2.43 bits per heavy atom. The van der Waals surface area contributed by atoms with Crippen LogP contribution in [-0.4, -0.2) is 47.6 Å². The highest BCUT2D eigenvalue weighted by Gasteiger charge is 2.31. The molecule has 1 saturated heterocycles. The number of halogens is 3. The molecule has 0 N–H and O–H groups in total. The van der Waals surface area contributed by atoms with E-state index < -0.39 is 17.6 Å². The van der Waals surface area contributed by atoms with E-state index in [1.165, 1.54) is 23.5 Å². The normalized spacial score (nSPS) is 14.9. The number of aryl methyl sites for hydroxylation is 1. The SMILES string of the molecule is Cc1sc(=NC(=O)c2cccc(C(F)(F)F)c2)n(Cc2cccc(C(=O)N3CCOCC3)c2)c1C. The van der Waals surface area contributed by atoms with Crippen molar-refractivity contribution in [3.63, 3.8) is 0 Å². The average Bonchev–Trinajstić information content (AvgIpc) is 3.11. The van der Waals surface area contributed by atoms with Gasteiger partial charge in [-0.1, -0.05) is 18.2 Å². The number of amides is 2. The Hall–Kier alpha value is -3.24. The Bertz CT molecular complexity index is 1320. The summed E-state index contributed by atoms with van der Waals surface area (Å²) in [5, 5.41) is 0. The minimum Gasteiger partial charge on any atom is -0.378 e. The maximum Gasteiger partial charge on any atom is 0.416 e. The lowest BCUT2D eigenvalue weighted by Crippen LogP contribution is -2.40. The van der Waals surface area contributed by atoms with Crippen molar-refractivity contribution in [3.8, 4) is 0 Å². The van der Waals surface area contributed by atoms with E-state index in [2.05, 4.69) is 4.99 Å². The van der Waals surface area contributed by atoms with Gasteiger partial charge in [-0.15, -0.1) is 11.3 Å². The van der Waals surface area contributed by atoms with Crippen LogP contribution in [0.4, 0.5) is 13.2 Å². The first kappa shape index (κ1) is 24.9. The molecule has 1 aliphatic rings. The van der Waals surface area contributed by atoms with Crippen LogP contribution in [0.15, 0.2) is 53.5 Å². The van der Waals surface area contributed by atoms with Gasteiger partial charge in [0.2, 0.25) is 0 Å². The van der Waals surface area contributed by atoms with Gasteiger partial charge in [-0.3, -0.25) is 9.59 Å².